The van der Waals surface area contributed by atoms with Gasteiger partial charge in [-0.05, 0) is 29.2 Å². The summed E-state index contributed by atoms with van der Waals surface area (Å²) in [6.07, 6.45) is -1.33. The summed E-state index contributed by atoms with van der Waals surface area (Å²) in [6.45, 7) is 5.71. The first-order valence-electron chi connectivity index (χ1n) is 6.83. The van der Waals surface area contributed by atoms with E-state index in [-0.39, 0.29) is 6.61 Å². The molecule has 0 aliphatic heterocycles. The molecule has 1 N–H and O–H groups in total. The summed E-state index contributed by atoms with van der Waals surface area (Å²) in [4.78, 5) is 11.5. The second-order valence-electron chi connectivity index (χ2n) is 4.62. The fourth-order valence-corrected chi connectivity index (χ4v) is 2.03. The minimum atomic E-state index is -1.33. The van der Waals surface area contributed by atoms with Crippen LogP contribution < -0.4 is 0 Å². The predicted molar refractivity (Wildman–Crippen MR) is 83.6 cm³/mol. The van der Waals surface area contributed by atoms with Crippen molar-refractivity contribution in [3.8, 4) is 11.1 Å². The van der Waals surface area contributed by atoms with E-state index in [1.54, 1.807) is 6.92 Å². The lowest BCUT2D eigenvalue weighted by Gasteiger charge is -2.13. The van der Waals surface area contributed by atoms with Gasteiger partial charge in [0.2, 0.25) is 0 Å². The summed E-state index contributed by atoms with van der Waals surface area (Å²) >= 11 is 0. The molecule has 1 atom stereocenters. The van der Waals surface area contributed by atoms with E-state index in [0.29, 0.717) is 5.57 Å². The average molecular weight is 282 g/mol. The van der Waals surface area contributed by atoms with Crippen molar-refractivity contribution in [2.75, 3.05) is 6.61 Å². The standard InChI is InChI=1S/C18H18O3/c1-3-21-18(20)17(19)13(2)14-9-11-16(12-10-14)15-7-5-4-6-8-15/h4-12,17,19H,2-3H2,1H3. The molecule has 2 rings (SSSR count). The molecule has 0 aliphatic carbocycles. The maximum atomic E-state index is 11.5. The molecular weight excluding hydrogens is 264 g/mol. The van der Waals surface area contributed by atoms with Gasteiger partial charge in [0.15, 0.2) is 6.10 Å². The van der Waals surface area contributed by atoms with Crippen LogP contribution >= 0.6 is 0 Å². The molecule has 0 radical (unpaired) electrons. The maximum absolute atomic E-state index is 11.5. The lowest BCUT2D eigenvalue weighted by molar-refractivity contribution is -0.149. The minimum absolute atomic E-state index is 0.232. The molecule has 1 unspecified atom stereocenters. The van der Waals surface area contributed by atoms with Crippen LogP contribution in [0.1, 0.15) is 12.5 Å². The van der Waals surface area contributed by atoms with Crippen molar-refractivity contribution in [3.63, 3.8) is 0 Å². The summed E-state index contributed by atoms with van der Waals surface area (Å²) in [5, 5.41) is 9.88. The van der Waals surface area contributed by atoms with Gasteiger partial charge < -0.3 is 9.84 Å². The van der Waals surface area contributed by atoms with Gasteiger partial charge in [-0.15, -0.1) is 0 Å². The van der Waals surface area contributed by atoms with Gasteiger partial charge in [0.25, 0.3) is 0 Å². The molecule has 3 nitrogen and oxygen atoms in total. The number of ether oxygens (including phenoxy) is 1. The highest BCUT2D eigenvalue weighted by atomic mass is 16.5. The Morgan fingerprint density at radius 1 is 1.10 bits per heavy atom. The summed E-state index contributed by atoms with van der Waals surface area (Å²) in [5.41, 5.74) is 3.24. The molecule has 0 aliphatic rings. The third-order valence-electron chi connectivity index (χ3n) is 3.20. The summed E-state index contributed by atoms with van der Waals surface area (Å²) < 4.78 is 4.79. The van der Waals surface area contributed by atoms with Gasteiger partial charge in [-0.1, -0.05) is 61.2 Å². The van der Waals surface area contributed by atoms with E-state index in [1.165, 1.54) is 0 Å². The van der Waals surface area contributed by atoms with Gasteiger partial charge in [-0.25, -0.2) is 4.79 Å². The molecule has 0 saturated heterocycles. The monoisotopic (exact) mass is 282 g/mol. The molecule has 0 saturated carbocycles. The van der Waals surface area contributed by atoms with Crippen molar-refractivity contribution in [2.24, 2.45) is 0 Å². The quantitative estimate of drug-likeness (QED) is 0.856. The highest BCUT2D eigenvalue weighted by molar-refractivity contribution is 5.90. The van der Waals surface area contributed by atoms with Crippen LogP contribution in [-0.4, -0.2) is 23.8 Å². The molecule has 0 fully saturated rings. The second kappa shape index (κ2) is 6.86. The fraction of sp³-hybridized carbons (Fsp3) is 0.167. The fourth-order valence-electron chi connectivity index (χ4n) is 2.03. The molecule has 3 heteroatoms. The number of rotatable bonds is 5. The Labute approximate surface area is 124 Å². The number of esters is 1. The molecular formula is C18H18O3. The second-order valence-corrected chi connectivity index (χ2v) is 4.62. The van der Waals surface area contributed by atoms with E-state index in [0.717, 1.165) is 16.7 Å². The zero-order valence-corrected chi connectivity index (χ0v) is 12.0. The number of benzene rings is 2. The number of aliphatic hydroxyl groups excluding tert-OH is 1. The first kappa shape index (κ1) is 15.0. The van der Waals surface area contributed by atoms with E-state index >= 15 is 0 Å². The Bertz CT molecular complexity index is 615. The van der Waals surface area contributed by atoms with E-state index < -0.39 is 12.1 Å². The third-order valence-corrected chi connectivity index (χ3v) is 3.20. The Balaban J connectivity index is 2.15. The van der Waals surface area contributed by atoms with E-state index in [1.807, 2.05) is 54.6 Å². The van der Waals surface area contributed by atoms with Crippen LogP contribution in [0.3, 0.4) is 0 Å². The largest absolute Gasteiger partial charge is 0.464 e. The Kier molecular flexibility index (Phi) is 4.90. The van der Waals surface area contributed by atoms with Gasteiger partial charge in [0.1, 0.15) is 0 Å². The molecule has 0 bridgehead atoms. The molecule has 21 heavy (non-hydrogen) atoms. The topological polar surface area (TPSA) is 46.5 Å². The van der Waals surface area contributed by atoms with Gasteiger partial charge in [-0.3, -0.25) is 0 Å². The van der Waals surface area contributed by atoms with Crippen LogP contribution in [0, 0.1) is 0 Å². The van der Waals surface area contributed by atoms with Crippen LogP contribution in [0.25, 0.3) is 16.7 Å². The molecule has 108 valence electrons. The lowest BCUT2D eigenvalue weighted by atomic mass is 9.98. The van der Waals surface area contributed by atoms with Crippen LogP contribution in [0.4, 0.5) is 0 Å². The molecule has 2 aromatic rings. The molecule has 0 aromatic heterocycles. The highest BCUT2D eigenvalue weighted by Crippen LogP contribution is 2.23. The van der Waals surface area contributed by atoms with Crippen molar-refractivity contribution in [2.45, 2.75) is 13.0 Å². The van der Waals surface area contributed by atoms with E-state index in [9.17, 15) is 9.90 Å². The number of carbonyl (C=O) groups is 1. The van der Waals surface area contributed by atoms with Crippen molar-refractivity contribution >= 4 is 11.5 Å². The van der Waals surface area contributed by atoms with Crippen LogP contribution in [-0.2, 0) is 9.53 Å². The van der Waals surface area contributed by atoms with Crippen LogP contribution in [0.2, 0.25) is 0 Å². The van der Waals surface area contributed by atoms with E-state index in [2.05, 4.69) is 6.58 Å². The Morgan fingerprint density at radius 3 is 2.24 bits per heavy atom. The van der Waals surface area contributed by atoms with Crippen molar-refractivity contribution in [1.29, 1.82) is 0 Å². The smallest absolute Gasteiger partial charge is 0.339 e. The first-order chi connectivity index (χ1) is 10.1. The Hall–Kier alpha value is -2.39. The van der Waals surface area contributed by atoms with Crippen molar-refractivity contribution in [3.05, 3.63) is 66.7 Å². The summed E-state index contributed by atoms with van der Waals surface area (Å²) in [6, 6.07) is 17.5. The SMILES string of the molecule is C=C(c1ccc(-c2ccccc2)cc1)C(O)C(=O)OCC. The predicted octanol–water partition coefficient (Wildman–Crippen LogP) is 3.29. The van der Waals surface area contributed by atoms with Gasteiger partial charge in [-0.2, -0.15) is 0 Å². The van der Waals surface area contributed by atoms with Crippen LogP contribution in [0.5, 0.6) is 0 Å². The molecule has 2 aromatic carbocycles. The average Bonchev–Trinajstić information content (AvgIpc) is 2.54. The van der Waals surface area contributed by atoms with Gasteiger partial charge in [0, 0.05) is 0 Å². The Morgan fingerprint density at radius 2 is 1.67 bits per heavy atom. The molecule has 0 heterocycles. The molecule has 0 amide bonds. The minimum Gasteiger partial charge on any atom is -0.464 e. The van der Waals surface area contributed by atoms with E-state index in [4.69, 9.17) is 4.74 Å². The zero-order chi connectivity index (χ0) is 15.2. The normalized spacial score (nSPS) is 11.7. The number of hydrogen-bond donors (Lipinski definition) is 1. The van der Waals surface area contributed by atoms with Crippen molar-refractivity contribution in [1.82, 2.24) is 0 Å². The first-order valence-corrected chi connectivity index (χ1v) is 6.83. The summed E-state index contributed by atoms with van der Waals surface area (Å²) in [7, 11) is 0. The summed E-state index contributed by atoms with van der Waals surface area (Å²) in [5.74, 6) is -0.672. The van der Waals surface area contributed by atoms with Crippen molar-refractivity contribution < 1.29 is 14.6 Å². The number of hydrogen-bond acceptors (Lipinski definition) is 3. The maximum Gasteiger partial charge on any atom is 0.339 e. The van der Waals surface area contributed by atoms with Gasteiger partial charge in [0.05, 0.1) is 6.61 Å². The zero-order valence-electron chi connectivity index (χ0n) is 12.0. The highest BCUT2D eigenvalue weighted by Gasteiger charge is 2.20. The number of aliphatic hydroxyl groups is 1. The van der Waals surface area contributed by atoms with Crippen LogP contribution in [0.15, 0.2) is 61.2 Å². The number of carbonyl (C=O) groups excluding carboxylic acids is 1. The van der Waals surface area contributed by atoms with Gasteiger partial charge >= 0.3 is 5.97 Å². The lowest BCUT2D eigenvalue weighted by Crippen LogP contribution is -2.24. The molecule has 0 spiro atoms. The third kappa shape index (κ3) is 3.58.